The maximum Gasteiger partial charge on any atom is 0.237 e. The van der Waals surface area contributed by atoms with Gasteiger partial charge in [-0.25, -0.2) is 8.42 Å². The first-order valence-electron chi connectivity index (χ1n) is 4.84. The number of sulfone groups is 1. The highest BCUT2D eigenvalue weighted by atomic mass is 35.5. The lowest BCUT2D eigenvalue weighted by Crippen LogP contribution is -2.32. The van der Waals surface area contributed by atoms with Gasteiger partial charge < -0.3 is 4.90 Å². The minimum Gasteiger partial charge on any atom is -0.345 e. The van der Waals surface area contributed by atoms with Gasteiger partial charge in [-0.1, -0.05) is 6.42 Å². The average molecular weight is 256 g/mol. The van der Waals surface area contributed by atoms with Crippen molar-refractivity contribution in [3.05, 3.63) is 0 Å². The van der Waals surface area contributed by atoms with E-state index in [1.807, 2.05) is 0 Å². The number of alkyl halides is 1. The van der Waals surface area contributed by atoms with Crippen LogP contribution in [0.2, 0.25) is 0 Å². The lowest BCUT2D eigenvalue weighted by molar-refractivity contribution is -0.127. The number of nitrogens with zero attached hydrogens (tertiary/aromatic N) is 1. The maximum absolute atomic E-state index is 11.3. The maximum atomic E-state index is 11.3. The van der Waals surface area contributed by atoms with Gasteiger partial charge in [-0.15, -0.1) is 11.6 Å². The van der Waals surface area contributed by atoms with Crippen molar-refractivity contribution < 1.29 is 13.2 Å². The molecule has 0 aromatic carbocycles. The SMILES string of the molecule is CN(CCCCCCl)C(=O)CS(C)(=O)=O. The van der Waals surface area contributed by atoms with E-state index < -0.39 is 15.6 Å². The highest BCUT2D eigenvalue weighted by Crippen LogP contribution is 2.00. The zero-order chi connectivity index (χ0) is 11.9. The van der Waals surface area contributed by atoms with Crippen molar-refractivity contribution in [2.45, 2.75) is 19.3 Å². The second-order valence-corrected chi connectivity index (χ2v) is 6.15. The Morgan fingerprint density at radius 2 is 1.87 bits per heavy atom. The number of unbranched alkanes of at least 4 members (excludes halogenated alkanes) is 2. The minimum atomic E-state index is -3.22. The molecule has 0 aromatic rings. The van der Waals surface area contributed by atoms with Crippen LogP contribution in [0.25, 0.3) is 0 Å². The summed E-state index contributed by atoms with van der Waals surface area (Å²) in [5.74, 6) is -0.122. The van der Waals surface area contributed by atoms with E-state index in [2.05, 4.69) is 0 Å². The van der Waals surface area contributed by atoms with Gasteiger partial charge in [-0.05, 0) is 12.8 Å². The first-order chi connectivity index (χ1) is 6.87. The lowest BCUT2D eigenvalue weighted by Gasteiger charge is -2.16. The smallest absolute Gasteiger partial charge is 0.237 e. The average Bonchev–Trinajstić information content (AvgIpc) is 2.09. The van der Waals surface area contributed by atoms with E-state index in [1.165, 1.54) is 4.90 Å². The monoisotopic (exact) mass is 255 g/mol. The molecule has 90 valence electrons. The number of halogens is 1. The Balaban J connectivity index is 3.80. The van der Waals surface area contributed by atoms with E-state index >= 15 is 0 Å². The predicted octanol–water partition coefficient (Wildman–Crippen LogP) is 0.899. The summed E-state index contributed by atoms with van der Waals surface area (Å²) < 4.78 is 21.7. The Labute approximate surface area is 96.5 Å². The summed E-state index contributed by atoms with van der Waals surface area (Å²) >= 11 is 5.51. The summed E-state index contributed by atoms with van der Waals surface area (Å²) in [6.07, 6.45) is 3.81. The third-order valence-corrected chi connectivity index (χ3v) is 2.98. The van der Waals surface area contributed by atoms with Gasteiger partial charge in [-0.3, -0.25) is 4.79 Å². The van der Waals surface area contributed by atoms with Crippen molar-refractivity contribution in [1.82, 2.24) is 4.90 Å². The van der Waals surface area contributed by atoms with Crippen LogP contribution in [0.15, 0.2) is 0 Å². The van der Waals surface area contributed by atoms with Crippen LogP contribution in [0.3, 0.4) is 0 Å². The Bertz CT molecular complexity index is 290. The van der Waals surface area contributed by atoms with Crippen molar-refractivity contribution >= 4 is 27.3 Å². The molecule has 0 bridgehead atoms. The van der Waals surface area contributed by atoms with Crippen molar-refractivity contribution in [3.8, 4) is 0 Å². The molecule has 0 saturated heterocycles. The second kappa shape index (κ2) is 7.06. The van der Waals surface area contributed by atoms with Crippen LogP contribution in [0.1, 0.15) is 19.3 Å². The number of rotatable bonds is 7. The lowest BCUT2D eigenvalue weighted by atomic mass is 10.2. The fourth-order valence-electron chi connectivity index (χ4n) is 1.08. The van der Waals surface area contributed by atoms with Crippen LogP contribution < -0.4 is 0 Å². The van der Waals surface area contributed by atoms with Gasteiger partial charge in [0.15, 0.2) is 9.84 Å². The highest BCUT2D eigenvalue weighted by Gasteiger charge is 2.14. The van der Waals surface area contributed by atoms with Gasteiger partial charge >= 0.3 is 0 Å². The standard InChI is InChI=1S/C9H18ClNO3S/c1-11(7-5-3-4-6-10)9(12)8-15(2,13)14/h3-8H2,1-2H3. The molecule has 6 heteroatoms. The number of hydrogen-bond acceptors (Lipinski definition) is 3. The molecule has 0 aliphatic rings. The predicted molar refractivity (Wildman–Crippen MR) is 61.9 cm³/mol. The number of carbonyl (C=O) groups excluding carboxylic acids is 1. The first kappa shape index (κ1) is 14.7. The molecule has 0 rings (SSSR count). The molecule has 0 heterocycles. The Kier molecular flexibility index (Phi) is 6.92. The Hall–Kier alpha value is -0.290. The van der Waals surface area contributed by atoms with Crippen LogP contribution in [0.4, 0.5) is 0 Å². The summed E-state index contributed by atoms with van der Waals surface area (Å²) in [4.78, 5) is 12.8. The molecular weight excluding hydrogens is 238 g/mol. The third kappa shape index (κ3) is 8.69. The van der Waals surface area contributed by atoms with Gasteiger partial charge in [0.05, 0.1) is 0 Å². The zero-order valence-corrected chi connectivity index (χ0v) is 10.8. The zero-order valence-electron chi connectivity index (χ0n) is 9.20. The number of amides is 1. The molecule has 0 fully saturated rings. The molecule has 0 atom stereocenters. The van der Waals surface area contributed by atoms with E-state index in [1.54, 1.807) is 7.05 Å². The van der Waals surface area contributed by atoms with Crippen molar-refractivity contribution in [2.75, 3.05) is 31.5 Å². The summed E-state index contributed by atoms with van der Waals surface area (Å²) in [6.45, 7) is 0.589. The van der Waals surface area contributed by atoms with Crippen LogP contribution in [0, 0.1) is 0 Å². The van der Waals surface area contributed by atoms with Crippen LogP contribution >= 0.6 is 11.6 Å². The highest BCUT2D eigenvalue weighted by molar-refractivity contribution is 7.91. The normalized spacial score (nSPS) is 11.4. The molecule has 0 saturated carbocycles. The van der Waals surface area contributed by atoms with Crippen LogP contribution in [-0.2, 0) is 14.6 Å². The van der Waals surface area contributed by atoms with Gasteiger partial charge in [-0.2, -0.15) is 0 Å². The van der Waals surface area contributed by atoms with Crippen molar-refractivity contribution in [3.63, 3.8) is 0 Å². The summed E-state index contributed by atoms with van der Waals surface area (Å²) in [7, 11) is -1.60. The molecule has 0 spiro atoms. The van der Waals surface area contributed by atoms with Crippen LogP contribution in [-0.4, -0.2) is 50.7 Å². The molecule has 0 aliphatic carbocycles. The molecule has 0 radical (unpaired) electrons. The fraction of sp³-hybridized carbons (Fsp3) is 0.889. The largest absolute Gasteiger partial charge is 0.345 e. The topological polar surface area (TPSA) is 54.5 Å². The number of hydrogen-bond donors (Lipinski definition) is 0. The Morgan fingerprint density at radius 1 is 1.27 bits per heavy atom. The van der Waals surface area contributed by atoms with E-state index in [0.29, 0.717) is 12.4 Å². The van der Waals surface area contributed by atoms with Gasteiger partial charge in [0, 0.05) is 25.7 Å². The van der Waals surface area contributed by atoms with Gasteiger partial charge in [0.1, 0.15) is 5.75 Å². The summed E-state index contributed by atoms with van der Waals surface area (Å²) in [5.41, 5.74) is 0. The van der Waals surface area contributed by atoms with Crippen LogP contribution in [0.5, 0.6) is 0 Å². The molecular formula is C9H18ClNO3S. The van der Waals surface area contributed by atoms with E-state index in [4.69, 9.17) is 11.6 Å². The van der Waals surface area contributed by atoms with Gasteiger partial charge in [0.25, 0.3) is 0 Å². The molecule has 15 heavy (non-hydrogen) atoms. The van der Waals surface area contributed by atoms with Crippen molar-refractivity contribution in [2.24, 2.45) is 0 Å². The molecule has 0 unspecified atom stereocenters. The summed E-state index contributed by atoms with van der Waals surface area (Å²) in [5, 5.41) is 0. The quantitative estimate of drug-likeness (QED) is 0.502. The fourth-order valence-corrected chi connectivity index (χ4v) is 1.94. The van der Waals surface area contributed by atoms with E-state index in [0.717, 1.165) is 25.5 Å². The third-order valence-electron chi connectivity index (χ3n) is 1.94. The Morgan fingerprint density at radius 3 is 2.33 bits per heavy atom. The van der Waals surface area contributed by atoms with E-state index in [9.17, 15) is 13.2 Å². The minimum absolute atomic E-state index is 0.344. The molecule has 0 aromatic heterocycles. The van der Waals surface area contributed by atoms with Crippen molar-refractivity contribution in [1.29, 1.82) is 0 Å². The molecule has 0 aliphatic heterocycles. The molecule has 0 N–H and O–H groups in total. The first-order valence-corrected chi connectivity index (χ1v) is 7.44. The second-order valence-electron chi connectivity index (χ2n) is 3.64. The van der Waals surface area contributed by atoms with E-state index in [-0.39, 0.29) is 5.91 Å². The summed E-state index contributed by atoms with van der Waals surface area (Å²) in [6, 6.07) is 0. The van der Waals surface area contributed by atoms with Gasteiger partial charge in [0.2, 0.25) is 5.91 Å². The molecule has 1 amide bonds. The number of carbonyl (C=O) groups is 1. The molecule has 4 nitrogen and oxygen atoms in total.